The summed E-state index contributed by atoms with van der Waals surface area (Å²) >= 11 is 0. The molecule has 122 valence electrons. The van der Waals surface area contributed by atoms with Gasteiger partial charge in [0.2, 0.25) is 0 Å². The lowest BCUT2D eigenvalue weighted by atomic mass is 10.0. The quantitative estimate of drug-likeness (QED) is 0.481. The third-order valence-electron chi connectivity index (χ3n) is 3.74. The van der Waals surface area contributed by atoms with Crippen LogP contribution in [0.25, 0.3) is 10.8 Å². The van der Waals surface area contributed by atoms with Gasteiger partial charge in [-0.2, -0.15) is 5.06 Å². The standard InChI is InChI=1S/C17H19NO5/c1-17(22-3,16(20)21-2)18(23-4)15(19)14-11-7-9-12-8-5-6-10-13(12)14/h5-11H,1-4H3. The van der Waals surface area contributed by atoms with Gasteiger partial charge in [0.25, 0.3) is 11.6 Å². The maximum atomic E-state index is 12.9. The molecule has 0 saturated heterocycles. The first kappa shape index (κ1) is 16.9. The van der Waals surface area contributed by atoms with E-state index >= 15 is 0 Å². The van der Waals surface area contributed by atoms with E-state index in [1.807, 2.05) is 30.3 Å². The topological polar surface area (TPSA) is 65.1 Å². The number of fused-ring (bicyclic) bond motifs is 1. The summed E-state index contributed by atoms with van der Waals surface area (Å²) in [5.74, 6) is -1.24. The van der Waals surface area contributed by atoms with Crippen LogP contribution in [-0.4, -0.2) is 44.0 Å². The van der Waals surface area contributed by atoms with E-state index < -0.39 is 17.6 Å². The summed E-state index contributed by atoms with van der Waals surface area (Å²) in [6.07, 6.45) is 0. The van der Waals surface area contributed by atoms with Crippen molar-refractivity contribution in [3.8, 4) is 0 Å². The maximum absolute atomic E-state index is 12.9. The van der Waals surface area contributed by atoms with Crippen molar-refractivity contribution in [1.82, 2.24) is 5.06 Å². The van der Waals surface area contributed by atoms with Gasteiger partial charge in [0, 0.05) is 12.7 Å². The Morgan fingerprint density at radius 1 is 1.00 bits per heavy atom. The third-order valence-corrected chi connectivity index (χ3v) is 3.74. The molecule has 2 aromatic rings. The molecule has 0 aliphatic heterocycles. The molecule has 1 atom stereocenters. The van der Waals surface area contributed by atoms with E-state index in [0.29, 0.717) is 5.56 Å². The number of rotatable bonds is 5. The molecule has 0 radical (unpaired) electrons. The summed E-state index contributed by atoms with van der Waals surface area (Å²) in [6, 6.07) is 12.8. The largest absolute Gasteiger partial charge is 0.465 e. The lowest BCUT2D eigenvalue weighted by molar-refractivity contribution is -0.252. The molecule has 2 rings (SSSR count). The lowest BCUT2D eigenvalue weighted by Gasteiger charge is -2.35. The van der Waals surface area contributed by atoms with Gasteiger partial charge >= 0.3 is 5.97 Å². The molecule has 0 saturated carbocycles. The minimum atomic E-state index is -1.70. The minimum Gasteiger partial charge on any atom is -0.465 e. The third kappa shape index (κ3) is 2.91. The average molecular weight is 317 g/mol. The Kier molecular flexibility index (Phi) is 4.98. The number of nitrogens with zero attached hydrogens (tertiary/aromatic N) is 1. The SMILES string of the molecule is COC(=O)C(C)(OC)N(OC)C(=O)c1cccc2ccccc12. The van der Waals surface area contributed by atoms with Crippen LogP contribution >= 0.6 is 0 Å². The number of ether oxygens (including phenoxy) is 2. The summed E-state index contributed by atoms with van der Waals surface area (Å²) in [5, 5.41) is 2.54. The predicted octanol–water partition coefficient (Wildman–Crippen LogP) is 2.38. The molecule has 0 fully saturated rings. The van der Waals surface area contributed by atoms with Crippen LogP contribution in [0.1, 0.15) is 17.3 Å². The highest BCUT2D eigenvalue weighted by atomic mass is 16.7. The zero-order valence-electron chi connectivity index (χ0n) is 13.5. The number of benzene rings is 2. The Morgan fingerprint density at radius 3 is 2.26 bits per heavy atom. The van der Waals surface area contributed by atoms with E-state index in [1.54, 1.807) is 12.1 Å². The zero-order chi connectivity index (χ0) is 17.0. The molecular weight excluding hydrogens is 298 g/mol. The first-order valence-electron chi connectivity index (χ1n) is 6.99. The van der Waals surface area contributed by atoms with Crippen LogP contribution in [0.5, 0.6) is 0 Å². The number of methoxy groups -OCH3 is 2. The van der Waals surface area contributed by atoms with Crippen LogP contribution in [-0.2, 0) is 19.1 Å². The maximum Gasteiger partial charge on any atom is 0.361 e. The summed E-state index contributed by atoms with van der Waals surface area (Å²) in [6.45, 7) is 1.41. The van der Waals surface area contributed by atoms with Crippen LogP contribution in [0.3, 0.4) is 0 Å². The summed E-state index contributed by atoms with van der Waals surface area (Å²) in [5.41, 5.74) is -1.30. The Morgan fingerprint density at radius 2 is 1.65 bits per heavy atom. The van der Waals surface area contributed by atoms with Crippen molar-refractivity contribution < 1.29 is 23.9 Å². The fourth-order valence-corrected chi connectivity index (χ4v) is 2.41. The van der Waals surface area contributed by atoms with E-state index in [1.165, 1.54) is 28.3 Å². The van der Waals surface area contributed by atoms with Crippen LogP contribution in [0.2, 0.25) is 0 Å². The molecule has 1 unspecified atom stereocenters. The van der Waals surface area contributed by atoms with Crippen molar-refractivity contribution in [3.05, 3.63) is 48.0 Å². The van der Waals surface area contributed by atoms with E-state index in [2.05, 4.69) is 0 Å². The number of esters is 1. The number of carbonyl (C=O) groups excluding carboxylic acids is 2. The van der Waals surface area contributed by atoms with Gasteiger partial charge in [-0.1, -0.05) is 36.4 Å². The highest BCUT2D eigenvalue weighted by Crippen LogP contribution is 2.25. The Labute approximate surface area is 134 Å². The van der Waals surface area contributed by atoms with Crippen LogP contribution < -0.4 is 0 Å². The molecule has 1 amide bonds. The molecule has 6 heteroatoms. The van der Waals surface area contributed by atoms with Crippen molar-refractivity contribution in [2.45, 2.75) is 12.6 Å². The Hall–Kier alpha value is -2.44. The van der Waals surface area contributed by atoms with E-state index in [0.717, 1.165) is 15.8 Å². The average Bonchev–Trinajstić information content (AvgIpc) is 2.60. The number of amides is 1. The van der Waals surface area contributed by atoms with Crippen LogP contribution in [0.4, 0.5) is 0 Å². The monoisotopic (exact) mass is 317 g/mol. The van der Waals surface area contributed by atoms with Crippen molar-refractivity contribution in [1.29, 1.82) is 0 Å². The molecule has 0 aromatic heterocycles. The van der Waals surface area contributed by atoms with Crippen molar-refractivity contribution in [2.24, 2.45) is 0 Å². The van der Waals surface area contributed by atoms with Gasteiger partial charge in [-0.25, -0.2) is 4.79 Å². The Balaban J connectivity index is 2.53. The molecule has 0 aliphatic rings. The fraction of sp³-hybridized carbons (Fsp3) is 0.294. The van der Waals surface area contributed by atoms with Gasteiger partial charge in [0.05, 0.1) is 14.2 Å². The van der Waals surface area contributed by atoms with E-state index in [4.69, 9.17) is 14.3 Å². The summed E-state index contributed by atoms with van der Waals surface area (Å²) in [7, 11) is 3.82. The van der Waals surface area contributed by atoms with Gasteiger partial charge < -0.3 is 9.47 Å². The molecule has 0 N–H and O–H groups in total. The predicted molar refractivity (Wildman–Crippen MR) is 84.6 cm³/mol. The molecular formula is C17H19NO5. The zero-order valence-corrected chi connectivity index (χ0v) is 13.5. The van der Waals surface area contributed by atoms with E-state index in [9.17, 15) is 9.59 Å². The number of carbonyl (C=O) groups is 2. The fourth-order valence-electron chi connectivity index (χ4n) is 2.41. The second kappa shape index (κ2) is 6.76. The second-order valence-electron chi connectivity index (χ2n) is 4.99. The molecule has 0 bridgehead atoms. The smallest absolute Gasteiger partial charge is 0.361 e. The van der Waals surface area contributed by atoms with Crippen molar-refractivity contribution >= 4 is 22.6 Å². The van der Waals surface area contributed by atoms with Gasteiger partial charge in [-0.15, -0.1) is 0 Å². The summed E-state index contributed by atoms with van der Waals surface area (Å²) < 4.78 is 9.93. The van der Waals surface area contributed by atoms with Gasteiger partial charge in [0.1, 0.15) is 0 Å². The Bertz CT molecular complexity index is 725. The second-order valence-corrected chi connectivity index (χ2v) is 4.99. The first-order chi connectivity index (χ1) is 11.0. The van der Waals surface area contributed by atoms with Crippen molar-refractivity contribution in [2.75, 3.05) is 21.3 Å². The molecule has 0 aliphatic carbocycles. The van der Waals surface area contributed by atoms with Gasteiger partial charge in [0.15, 0.2) is 0 Å². The molecule has 0 spiro atoms. The van der Waals surface area contributed by atoms with E-state index in [-0.39, 0.29) is 0 Å². The summed E-state index contributed by atoms with van der Waals surface area (Å²) in [4.78, 5) is 30.1. The normalized spacial score (nSPS) is 13.4. The van der Waals surface area contributed by atoms with Crippen molar-refractivity contribution in [3.63, 3.8) is 0 Å². The number of hydroxylamine groups is 2. The first-order valence-corrected chi connectivity index (χ1v) is 6.99. The highest BCUT2D eigenvalue weighted by molar-refractivity contribution is 6.07. The minimum absolute atomic E-state index is 0.400. The number of hydrogen-bond acceptors (Lipinski definition) is 5. The molecule has 0 heterocycles. The van der Waals surface area contributed by atoms with Crippen LogP contribution in [0, 0.1) is 0 Å². The number of hydrogen-bond donors (Lipinski definition) is 0. The lowest BCUT2D eigenvalue weighted by Crippen LogP contribution is -2.56. The highest BCUT2D eigenvalue weighted by Gasteiger charge is 2.45. The molecule has 23 heavy (non-hydrogen) atoms. The van der Waals surface area contributed by atoms with Gasteiger partial charge in [-0.3, -0.25) is 9.63 Å². The van der Waals surface area contributed by atoms with Gasteiger partial charge in [-0.05, 0) is 23.8 Å². The van der Waals surface area contributed by atoms with Crippen LogP contribution in [0.15, 0.2) is 42.5 Å². The molecule has 6 nitrogen and oxygen atoms in total. The molecule has 2 aromatic carbocycles.